The summed E-state index contributed by atoms with van der Waals surface area (Å²) in [4.78, 5) is 8.06. The average Bonchev–Trinajstić information content (AvgIpc) is 3.20. The van der Waals surface area contributed by atoms with Crippen LogP contribution in [0.25, 0.3) is 22.0 Å². The van der Waals surface area contributed by atoms with E-state index in [2.05, 4.69) is 9.97 Å². The lowest BCUT2D eigenvalue weighted by Gasteiger charge is -2.21. The number of benzene rings is 3. The van der Waals surface area contributed by atoms with E-state index in [1.165, 1.54) is 34.6 Å². The normalized spacial score (nSPS) is 13.5. The molecule has 6 nitrogen and oxygen atoms in total. The molecule has 32 heavy (non-hydrogen) atoms. The van der Waals surface area contributed by atoms with Crippen molar-refractivity contribution in [2.24, 2.45) is 0 Å². The van der Waals surface area contributed by atoms with Crippen LogP contribution in [-0.4, -0.2) is 24.9 Å². The Hall–Kier alpha value is -2.94. The molecule has 0 saturated carbocycles. The Labute approximate surface area is 193 Å². The van der Waals surface area contributed by atoms with Crippen LogP contribution < -0.4 is 10.0 Å². The zero-order chi connectivity index (χ0) is 22.6. The number of sulfonamides is 1. The van der Waals surface area contributed by atoms with Gasteiger partial charge in [-0.3, -0.25) is 4.31 Å². The standard InChI is InChI=1S/C22H15Cl2FN4O2S/c23-14-2-3-16(24)20(10-14)32(30,31)29-8-7-15-19(29)6-4-17(25)21(15)12-1-5-18-13(9-12)11-27-22(26)28-18/h1-6,9-11H,7-8H2,(H2,26,27,28). The van der Waals surface area contributed by atoms with Crippen molar-refractivity contribution in [1.82, 2.24) is 9.97 Å². The van der Waals surface area contributed by atoms with E-state index >= 15 is 4.39 Å². The first-order valence-electron chi connectivity index (χ1n) is 9.57. The molecule has 2 N–H and O–H groups in total. The first kappa shape index (κ1) is 20.9. The maximum Gasteiger partial charge on any atom is 0.265 e. The van der Waals surface area contributed by atoms with E-state index in [1.807, 2.05) is 0 Å². The quantitative estimate of drug-likeness (QED) is 0.434. The van der Waals surface area contributed by atoms with Gasteiger partial charge in [-0.25, -0.2) is 22.8 Å². The summed E-state index contributed by atoms with van der Waals surface area (Å²) in [7, 11) is -4.00. The zero-order valence-electron chi connectivity index (χ0n) is 16.4. The summed E-state index contributed by atoms with van der Waals surface area (Å²) in [5, 5.41) is 1.02. The molecule has 0 aliphatic carbocycles. The number of halogens is 3. The molecule has 10 heteroatoms. The first-order chi connectivity index (χ1) is 15.3. The van der Waals surface area contributed by atoms with E-state index in [-0.39, 0.29) is 27.4 Å². The van der Waals surface area contributed by atoms with Crippen LogP contribution in [0.1, 0.15) is 5.56 Å². The van der Waals surface area contributed by atoms with Crippen molar-refractivity contribution in [2.45, 2.75) is 11.3 Å². The number of hydrogen-bond donors (Lipinski definition) is 1. The number of nitrogen functional groups attached to an aromatic ring is 1. The molecule has 0 fully saturated rings. The lowest BCUT2D eigenvalue weighted by atomic mass is 9.96. The van der Waals surface area contributed by atoms with Crippen molar-refractivity contribution in [1.29, 1.82) is 0 Å². The Kier molecular flexibility index (Phi) is 4.96. The zero-order valence-corrected chi connectivity index (χ0v) is 18.7. The van der Waals surface area contributed by atoms with Crippen LogP contribution in [0.2, 0.25) is 10.0 Å². The molecule has 4 aromatic rings. The van der Waals surface area contributed by atoms with Gasteiger partial charge in [0, 0.05) is 28.7 Å². The third-order valence-corrected chi connectivity index (χ3v) is 7.95. The Morgan fingerprint density at radius 2 is 1.88 bits per heavy atom. The van der Waals surface area contributed by atoms with Gasteiger partial charge in [-0.05, 0) is 60.0 Å². The average molecular weight is 489 g/mol. The second-order valence-electron chi connectivity index (χ2n) is 7.32. The maximum atomic E-state index is 15.0. The number of nitrogens with zero attached hydrogens (tertiary/aromatic N) is 3. The number of rotatable bonds is 3. The van der Waals surface area contributed by atoms with E-state index < -0.39 is 15.8 Å². The highest BCUT2D eigenvalue weighted by atomic mass is 35.5. The molecule has 0 radical (unpaired) electrons. The summed E-state index contributed by atoms with van der Waals surface area (Å²) in [6.45, 7) is 0.157. The van der Waals surface area contributed by atoms with Crippen LogP contribution in [0, 0.1) is 5.82 Å². The summed E-state index contributed by atoms with van der Waals surface area (Å²) in [6, 6.07) is 12.2. The summed E-state index contributed by atoms with van der Waals surface area (Å²) in [5.41, 5.74) is 8.21. The molecular weight excluding hydrogens is 474 g/mol. The maximum absolute atomic E-state index is 15.0. The summed E-state index contributed by atoms with van der Waals surface area (Å²) in [6.07, 6.45) is 1.91. The number of anilines is 2. The van der Waals surface area contributed by atoms with Crippen molar-refractivity contribution in [3.8, 4) is 11.1 Å². The molecule has 0 saturated heterocycles. The molecule has 1 aliphatic rings. The molecule has 0 amide bonds. The predicted molar refractivity (Wildman–Crippen MR) is 124 cm³/mol. The van der Waals surface area contributed by atoms with Gasteiger partial charge >= 0.3 is 0 Å². The van der Waals surface area contributed by atoms with Crippen LogP contribution in [-0.2, 0) is 16.4 Å². The van der Waals surface area contributed by atoms with Gasteiger partial charge in [0.05, 0.1) is 16.2 Å². The van der Waals surface area contributed by atoms with Gasteiger partial charge in [-0.1, -0.05) is 29.3 Å². The Balaban J connectivity index is 1.65. The van der Waals surface area contributed by atoms with E-state index in [0.717, 1.165) is 0 Å². The largest absolute Gasteiger partial charge is 0.368 e. The van der Waals surface area contributed by atoms with E-state index in [9.17, 15) is 8.42 Å². The molecule has 0 spiro atoms. The fourth-order valence-corrected chi connectivity index (χ4v) is 6.22. The SMILES string of the molecule is Nc1ncc2cc(-c3c(F)ccc4c3CCN4S(=O)(=O)c3cc(Cl)ccc3Cl)ccc2n1. The van der Waals surface area contributed by atoms with E-state index in [0.29, 0.717) is 39.7 Å². The van der Waals surface area contributed by atoms with Gasteiger partial charge in [0.2, 0.25) is 5.95 Å². The van der Waals surface area contributed by atoms with Crippen LogP contribution in [0.4, 0.5) is 16.0 Å². The molecule has 1 aliphatic heterocycles. The number of aromatic nitrogens is 2. The van der Waals surface area contributed by atoms with Gasteiger partial charge in [0.15, 0.2) is 0 Å². The third kappa shape index (κ3) is 3.35. The van der Waals surface area contributed by atoms with Crippen molar-refractivity contribution in [2.75, 3.05) is 16.6 Å². The minimum atomic E-state index is -4.00. The highest BCUT2D eigenvalue weighted by Gasteiger charge is 2.34. The highest BCUT2D eigenvalue weighted by molar-refractivity contribution is 7.93. The van der Waals surface area contributed by atoms with Gasteiger partial charge in [0.1, 0.15) is 10.7 Å². The minimum Gasteiger partial charge on any atom is -0.368 e. The molecule has 1 aromatic heterocycles. The summed E-state index contributed by atoms with van der Waals surface area (Å²) >= 11 is 12.2. The topological polar surface area (TPSA) is 89.2 Å². The molecule has 162 valence electrons. The van der Waals surface area contributed by atoms with Crippen molar-refractivity contribution >= 4 is 55.8 Å². The van der Waals surface area contributed by atoms with Gasteiger partial charge in [-0.15, -0.1) is 0 Å². The molecule has 0 unspecified atom stereocenters. The third-order valence-electron chi connectivity index (χ3n) is 5.42. The molecule has 0 atom stereocenters. The molecule has 2 heterocycles. The van der Waals surface area contributed by atoms with Gasteiger partial charge < -0.3 is 5.73 Å². The highest BCUT2D eigenvalue weighted by Crippen LogP contribution is 2.42. The van der Waals surface area contributed by atoms with Crippen LogP contribution >= 0.6 is 23.2 Å². The first-order valence-corrected chi connectivity index (χ1v) is 11.8. The lowest BCUT2D eigenvalue weighted by Crippen LogP contribution is -2.29. The number of fused-ring (bicyclic) bond motifs is 2. The van der Waals surface area contributed by atoms with E-state index in [1.54, 1.807) is 24.4 Å². The summed E-state index contributed by atoms with van der Waals surface area (Å²) < 4.78 is 43.0. The monoisotopic (exact) mass is 488 g/mol. The van der Waals surface area contributed by atoms with Crippen molar-refractivity contribution in [3.63, 3.8) is 0 Å². The number of nitrogens with two attached hydrogens (primary N) is 1. The Morgan fingerprint density at radius 3 is 2.69 bits per heavy atom. The van der Waals surface area contributed by atoms with Crippen LogP contribution in [0.3, 0.4) is 0 Å². The Morgan fingerprint density at radius 1 is 1.06 bits per heavy atom. The number of hydrogen-bond acceptors (Lipinski definition) is 5. The van der Waals surface area contributed by atoms with Crippen molar-refractivity contribution in [3.05, 3.63) is 76.2 Å². The Bertz CT molecular complexity index is 1510. The molecule has 3 aromatic carbocycles. The lowest BCUT2D eigenvalue weighted by molar-refractivity contribution is 0.592. The van der Waals surface area contributed by atoms with Crippen LogP contribution in [0.5, 0.6) is 0 Å². The van der Waals surface area contributed by atoms with E-state index in [4.69, 9.17) is 28.9 Å². The minimum absolute atomic E-state index is 0.0685. The van der Waals surface area contributed by atoms with Gasteiger partial charge in [-0.2, -0.15) is 0 Å². The second-order valence-corrected chi connectivity index (χ2v) is 10.00. The van der Waals surface area contributed by atoms with Crippen LogP contribution in [0.15, 0.2) is 59.6 Å². The summed E-state index contributed by atoms with van der Waals surface area (Å²) in [5.74, 6) is -0.294. The molecule has 0 bridgehead atoms. The molecule has 5 rings (SSSR count). The second kappa shape index (κ2) is 7.58. The molecular formula is C22H15Cl2FN4O2S. The van der Waals surface area contributed by atoms with Crippen molar-refractivity contribution < 1.29 is 12.8 Å². The fourth-order valence-electron chi connectivity index (χ4n) is 3.99. The smallest absolute Gasteiger partial charge is 0.265 e. The fraction of sp³-hybridized carbons (Fsp3) is 0.0909. The predicted octanol–water partition coefficient (Wildman–Crippen LogP) is 5.08. The van der Waals surface area contributed by atoms with Gasteiger partial charge in [0.25, 0.3) is 10.0 Å².